The van der Waals surface area contributed by atoms with Crippen molar-refractivity contribution in [3.05, 3.63) is 53.1 Å². The minimum absolute atomic E-state index is 0.0779. The Kier molecular flexibility index (Phi) is 7.46. The van der Waals surface area contributed by atoms with Crippen LogP contribution in [0.15, 0.2) is 47.4 Å². The molecule has 1 aliphatic heterocycles. The molecular formula is C22H27ClN2O5S. The molecule has 0 aliphatic carbocycles. The van der Waals surface area contributed by atoms with E-state index in [1.54, 1.807) is 32.4 Å². The quantitative estimate of drug-likeness (QED) is 0.673. The van der Waals surface area contributed by atoms with E-state index < -0.39 is 10.0 Å². The monoisotopic (exact) mass is 466 g/mol. The number of halogens is 1. The molecule has 1 amide bonds. The molecule has 1 atom stereocenters. The fraction of sp³-hybridized carbons (Fsp3) is 0.409. The predicted octanol–water partition coefficient (Wildman–Crippen LogP) is 3.64. The van der Waals surface area contributed by atoms with Gasteiger partial charge in [-0.15, -0.1) is 0 Å². The lowest BCUT2D eigenvalue weighted by Gasteiger charge is -2.31. The summed E-state index contributed by atoms with van der Waals surface area (Å²) < 4.78 is 37.6. The minimum Gasteiger partial charge on any atom is -0.493 e. The van der Waals surface area contributed by atoms with Gasteiger partial charge in [-0.1, -0.05) is 17.7 Å². The Morgan fingerprint density at radius 2 is 1.68 bits per heavy atom. The van der Waals surface area contributed by atoms with Crippen LogP contribution in [0, 0.1) is 5.92 Å². The van der Waals surface area contributed by atoms with Gasteiger partial charge in [0.2, 0.25) is 15.9 Å². The number of piperidine rings is 1. The summed E-state index contributed by atoms with van der Waals surface area (Å²) in [7, 11) is -0.453. The molecule has 2 aromatic carbocycles. The molecule has 1 aliphatic rings. The van der Waals surface area contributed by atoms with Crippen LogP contribution in [0.3, 0.4) is 0 Å². The molecule has 9 heteroatoms. The lowest BCUT2D eigenvalue weighted by molar-refractivity contribution is -0.126. The zero-order valence-electron chi connectivity index (χ0n) is 17.8. The van der Waals surface area contributed by atoms with E-state index in [2.05, 4.69) is 5.32 Å². The second-order valence-corrected chi connectivity index (χ2v) is 9.85. The average molecular weight is 467 g/mol. The van der Waals surface area contributed by atoms with Crippen LogP contribution in [0.2, 0.25) is 5.02 Å². The van der Waals surface area contributed by atoms with Crippen molar-refractivity contribution in [2.24, 2.45) is 5.92 Å². The second-order valence-electron chi connectivity index (χ2n) is 7.48. The molecule has 1 heterocycles. The number of hydrogen-bond donors (Lipinski definition) is 1. The largest absolute Gasteiger partial charge is 0.493 e. The molecule has 3 rings (SSSR count). The highest BCUT2D eigenvalue weighted by molar-refractivity contribution is 7.89. The van der Waals surface area contributed by atoms with E-state index in [4.69, 9.17) is 21.1 Å². The molecule has 0 radical (unpaired) electrons. The molecule has 31 heavy (non-hydrogen) atoms. The van der Waals surface area contributed by atoms with Gasteiger partial charge in [-0.2, -0.15) is 4.31 Å². The number of methoxy groups -OCH3 is 2. The van der Waals surface area contributed by atoms with Crippen LogP contribution in [0.5, 0.6) is 11.5 Å². The first-order chi connectivity index (χ1) is 14.8. The Morgan fingerprint density at radius 1 is 1.06 bits per heavy atom. The number of nitrogens with one attached hydrogen (secondary N) is 1. The summed E-state index contributed by atoms with van der Waals surface area (Å²) in [5.41, 5.74) is 0.897. The second kappa shape index (κ2) is 9.89. The number of benzene rings is 2. The molecule has 0 saturated carbocycles. The third kappa shape index (κ3) is 5.31. The number of hydrogen-bond acceptors (Lipinski definition) is 5. The number of sulfonamides is 1. The van der Waals surface area contributed by atoms with Crippen molar-refractivity contribution in [2.45, 2.75) is 30.7 Å². The minimum atomic E-state index is -3.59. The van der Waals surface area contributed by atoms with E-state index in [1.165, 1.54) is 16.4 Å². The van der Waals surface area contributed by atoms with Gasteiger partial charge in [-0.05, 0) is 61.7 Å². The van der Waals surface area contributed by atoms with Crippen molar-refractivity contribution in [3.63, 3.8) is 0 Å². The van der Waals surface area contributed by atoms with Crippen molar-refractivity contribution >= 4 is 27.5 Å². The van der Waals surface area contributed by atoms with E-state index in [-0.39, 0.29) is 22.8 Å². The fourth-order valence-corrected chi connectivity index (χ4v) is 5.25. The molecule has 168 valence electrons. The summed E-state index contributed by atoms with van der Waals surface area (Å²) >= 11 is 5.85. The van der Waals surface area contributed by atoms with Crippen molar-refractivity contribution in [2.75, 3.05) is 27.3 Å². The van der Waals surface area contributed by atoms with Crippen LogP contribution in [-0.2, 0) is 14.8 Å². The summed E-state index contributed by atoms with van der Waals surface area (Å²) in [6.07, 6.45) is 0.939. The lowest BCUT2D eigenvalue weighted by atomic mass is 9.96. The molecular weight excluding hydrogens is 440 g/mol. The van der Waals surface area contributed by atoms with Crippen LogP contribution in [0.25, 0.3) is 0 Å². The number of amides is 1. The summed E-state index contributed by atoms with van der Waals surface area (Å²) in [6.45, 7) is 2.50. The highest BCUT2D eigenvalue weighted by Crippen LogP contribution is 2.30. The maximum atomic E-state index is 12.8. The predicted molar refractivity (Wildman–Crippen MR) is 119 cm³/mol. The number of carbonyl (C=O) groups excluding carboxylic acids is 1. The van der Waals surface area contributed by atoms with Crippen LogP contribution in [0.1, 0.15) is 31.4 Å². The third-order valence-electron chi connectivity index (χ3n) is 5.54. The first kappa shape index (κ1) is 23.4. The number of carbonyl (C=O) groups is 1. The van der Waals surface area contributed by atoms with Gasteiger partial charge < -0.3 is 14.8 Å². The Bertz CT molecular complexity index is 1020. The molecule has 1 fully saturated rings. The van der Waals surface area contributed by atoms with Gasteiger partial charge in [0.25, 0.3) is 0 Å². The number of rotatable bonds is 7. The SMILES string of the molecule is COc1ccc([C@H](C)NC(=O)C2CCN(S(=O)(=O)c3ccc(Cl)cc3)CC2)cc1OC. The van der Waals surface area contributed by atoms with Crippen LogP contribution in [-0.4, -0.2) is 45.9 Å². The molecule has 0 aromatic heterocycles. The highest BCUT2D eigenvalue weighted by atomic mass is 35.5. The molecule has 2 aromatic rings. The van der Waals surface area contributed by atoms with Gasteiger partial charge in [0, 0.05) is 24.0 Å². The summed E-state index contributed by atoms with van der Waals surface area (Å²) in [5.74, 6) is 0.908. The van der Waals surface area contributed by atoms with Gasteiger partial charge in [0.1, 0.15) is 0 Å². The Balaban J connectivity index is 1.59. The van der Waals surface area contributed by atoms with Crippen LogP contribution >= 0.6 is 11.6 Å². The van der Waals surface area contributed by atoms with Crippen molar-refractivity contribution in [3.8, 4) is 11.5 Å². The normalized spacial score (nSPS) is 16.5. The van der Waals surface area contributed by atoms with Crippen molar-refractivity contribution in [1.82, 2.24) is 9.62 Å². The molecule has 0 spiro atoms. The third-order valence-corrected chi connectivity index (χ3v) is 7.71. The van der Waals surface area contributed by atoms with Gasteiger partial charge in [0.15, 0.2) is 11.5 Å². The fourth-order valence-electron chi connectivity index (χ4n) is 3.65. The maximum absolute atomic E-state index is 12.8. The maximum Gasteiger partial charge on any atom is 0.243 e. The standard InChI is InChI=1S/C22H27ClN2O5S/c1-15(17-4-9-20(29-2)21(14-17)30-3)24-22(26)16-10-12-25(13-11-16)31(27,28)19-7-5-18(23)6-8-19/h4-9,14-16H,10-13H2,1-3H3,(H,24,26)/t15-/m0/s1. The molecule has 1 saturated heterocycles. The Hall–Kier alpha value is -2.29. The molecule has 7 nitrogen and oxygen atoms in total. The summed E-state index contributed by atoms with van der Waals surface area (Å²) in [4.78, 5) is 13.0. The Morgan fingerprint density at radius 3 is 2.26 bits per heavy atom. The number of ether oxygens (including phenoxy) is 2. The van der Waals surface area contributed by atoms with Crippen LogP contribution in [0.4, 0.5) is 0 Å². The van der Waals surface area contributed by atoms with Gasteiger partial charge >= 0.3 is 0 Å². The zero-order chi connectivity index (χ0) is 22.6. The van der Waals surface area contributed by atoms with E-state index in [1.807, 2.05) is 19.1 Å². The van der Waals surface area contributed by atoms with Gasteiger partial charge in [-0.3, -0.25) is 4.79 Å². The van der Waals surface area contributed by atoms with Crippen molar-refractivity contribution < 1.29 is 22.7 Å². The highest BCUT2D eigenvalue weighted by Gasteiger charge is 2.32. The topological polar surface area (TPSA) is 84.9 Å². The number of nitrogens with zero attached hydrogens (tertiary/aromatic N) is 1. The lowest BCUT2D eigenvalue weighted by Crippen LogP contribution is -2.43. The molecule has 1 N–H and O–H groups in total. The molecule has 0 unspecified atom stereocenters. The van der Waals surface area contributed by atoms with Crippen molar-refractivity contribution in [1.29, 1.82) is 0 Å². The van der Waals surface area contributed by atoms with E-state index in [9.17, 15) is 13.2 Å². The smallest absolute Gasteiger partial charge is 0.243 e. The van der Waals surface area contributed by atoms with E-state index >= 15 is 0 Å². The van der Waals surface area contributed by atoms with E-state index in [0.717, 1.165) is 5.56 Å². The summed E-state index contributed by atoms with van der Waals surface area (Å²) in [6, 6.07) is 11.4. The zero-order valence-corrected chi connectivity index (χ0v) is 19.4. The average Bonchev–Trinajstić information content (AvgIpc) is 2.78. The van der Waals surface area contributed by atoms with E-state index in [0.29, 0.717) is 42.5 Å². The van der Waals surface area contributed by atoms with Crippen LogP contribution < -0.4 is 14.8 Å². The van der Waals surface area contributed by atoms with Gasteiger partial charge in [0.05, 0.1) is 25.2 Å². The summed E-state index contributed by atoms with van der Waals surface area (Å²) in [5, 5.41) is 3.51. The first-order valence-corrected chi connectivity index (χ1v) is 11.9. The first-order valence-electron chi connectivity index (χ1n) is 10.0. The molecule has 0 bridgehead atoms. The Labute approximate surface area is 188 Å². The van der Waals surface area contributed by atoms with Gasteiger partial charge in [-0.25, -0.2) is 8.42 Å².